The van der Waals surface area contributed by atoms with Crippen molar-refractivity contribution < 1.29 is 0 Å². The van der Waals surface area contributed by atoms with E-state index in [2.05, 4.69) is 52.0 Å². The first-order valence-corrected chi connectivity index (χ1v) is 7.17. The van der Waals surface area contributed by atoms with E-state index < -0.39 is 0 Å². The van der Waals surface area contributed by atoms with Crippen LogP contribution >= 0.6 is 0 Å². The smallest absolute Gasteiger partial charge is 0.0158 e. The molecule has 0 saturated heterocycles. The first-order valence-electron chi connectivity index (χ1n) is 7.17. The van der Waals surface area contributed by atoms with Gasteiger partial charge in [0, 0.05) is 0 Å². The maximum Gasteiger partial charge on any atom is -0.0158 e. The van der Waals surface area contributed by atoms with E-state index in [4.69, 9.17) is 0 Å². The Balaban J connectivity index is 2.57. The molecule has 0 spiro atoms. The van der Waals surface area contributed by atoms with Gasteiger partial charge in [0.25, 0.3) is 0 Å². The highest BCUT2D eigenvalue weighted by molar-refractivity contribution is 5.77. The van der Waals surface area contributed by atoms with Gasteiger partial charge in [-0.3, -0.25) is 0 Å². The minimum absolute atomic E-state index is 1.10. The van der Waals surface area contributed by atoms with Gasteiger partial charge in [-0.15, -0.1) is 0 Å². The molecule has 0 saturated carbocycles. The van der Waals surface area contributed by atoms with Gasteiger partial charge in [-0.1, -0.05) is 43.7 Å². The first kappa shape index (κ1) is 13.1. The standard InChI is InChI=1S/C18H24/c1-5-7-8-15-11-12-16-10-9-13(3)17(6-2)18(16)14(15)4/h7-8,11-12H,5-6,9-10H2,1-4H3/b8-7-. The number of fused-ring (bicyclic) bond motifs is 1. The summed E-state index contributed by atoms with van der Waals surface area (Å²) in [5, 5.41) is 0. The van der Waals surface area contributed by atoms with Crippen molar-refractivity contribution in [2.75, 3.05) is 0 Å². The van der Waals surface area contributed by atoms with E-state index >= 15 is 0 Å². The van der Waals surface area contributed by atoms with Crippen molar-refractivity contribution in [3.8, 4) is 0 Å². The quantitative estimate of drug-likeness (QED) is 0.650. The van der Waals surface area contributed by atoms with Crippen LogP contribution in [0.15, 0.2) is 23.8 Å². The highest BCUT2D eigenvalue weighted by atomic mass is 14.2. The van der Waals surface area contributed by atoms with Gasteiger partial charge >= 0.3 is 0 Å². The molecule has 1 aromatic carbocycles. The summed E-state index contributed by atoms with van der Waals surface area (Å²) in [6.45, 7) is 9.05. The lowest BCUT2D eigenvalue weighted by molar-refractivity contribution is 0.900. The maximum atomic E-state index is 2.33. The van der Waals surface area contributed by atoms with Crippen molar-refractivity contribution in [3.05, 3.63) is 46.0 Å². The molecule has 0 aliphatic heterocycles. The summed E-state index contributed by atoms with van der Waals surface area (Å²) >= 11 is 0. The Bertz CT molecular complexity index is 501. The van der Waals surface area contributed by atoms with Gasteiger partial charge in [0.05, 0.1) is 0 Å². The lowest BCUT2D eigenvalue weighted by Crippen LogP contribution is -2.06. The van der Waals surface area contributed by atoms with E-state index in [1.54, 1.807) is 22.3 Å². The third kappa shape index (κ3) is 2.29. The van der Waals surface area contributed by atoms with E-state index in [-0.39, 0.29) is 0 Å². The molecule has 96 valence electrons. The van der Waals surface area contributed by atoms with Crippen LogP contribution in [0, 0.1) is 6.92 Å². The van der Waals surface area contributed by atoms with Gasteiger partial charge in [0.15, 0.2) is 0 Å². The molecule has 0 radical (unpaired) electrons. The third-order valence-electron chi connectivity index (χ3n) is 4.07. The average Bonchev–Trinajstić information content (AvgIpc) is 2.38. The van der Waals surface area contributed by atoms with Crippen LogP contribution in [0.25, 0.3) is 11.6 Å². The van der Waals surface area contributed by atoms with Gasteiger partial charge in [0.1, 0.15) is 0 Å². The zero-order valence-electron chi connectivity index (χ0n) is 12.1. The van der Waals surface area contributed by atoms with Crippen LogP contribution in [-0.2, 0) is 6.42 Å². The van der Waals surface area contributed by atoms with E-state index in [1.807, 2.05) is 0 Å². The molecule has 0 nitrogen and oxygen atoms in total. The Morgan fingerprint density at radius 1 is 1.11 bits per heavy atom. The predicted molar refractivity (Wildman–Crippen MR) is 81.7 cm³/mol. The molecule has 0 fully saturated rings. The maximum absolute atomic E-state index is 2.33. The van der Waals surface area contributed by atoms with Crippen LogP contribution in [-0.4, -0.2) is 0 Å². The Kier molecular flexibility index (Phi) is 4.06. The Morgan fingerprint density at radius 3 is 2.56 bits per heavy atom. The minimum atomic E-state index is 1.10. The highest BCUT2D eigenvalue weighted by Gasteiger charge is 2.18. The lowest BCUT2D eigenvalue weighted by atomic mass is 9.81. The third-order valence-corrected chi connectivity index (χ3v) is 4.07. The molecule has 1 aliphatic rings. The highest BCUT2D eigenvalue weighted by Crippen LogP contribution is 2.36. The van der Waals surface area contributed by atoms with Crippen LogP contribution in [0.2, 0.25) is 0 Å². The second kappa shape index (κ2) is 5.56. The van der Waals surface area contributed by atoms with E-state index in [1.165, 1.54) is 24.0 Å². The molecular weight excluding hydrogens is 216 g/mol. The largest absolute Gasteiger partial charge is 0.0842 e. The Morgan fingerprint density at radius 2 is 1.89 bits per heavy atom. The van der Waals surface area contributed by atoms with Crippen molar-refractivity contribution in [2.24, 2.45) is 0 Å². The Labute approximate surface area is 111 Å². The number of aryl methyl sites for hydroxylation is 1. The molecule has 0 heteroatoms. The number of rotatable bonds is 3. The summed E-state index contributed by atoms with van der Waals surface area (Å²) in [5.41, 5.74) is 9.11. The molecule has 0 amide bonds. The number of benzene rings is 1. The first-order chi connectivity index (χ1) is 8.69. The topological polar surface area (TPSA) is 0 Å². The normalized spacial score (nSPS) is 15.3. The summed E-state index contributed by atoms with van der Waals surface area (Å²) in [7, 11) is 0. The summed E-state index contributed by atoms with van der Waals surface area (Å²) in [6.07, 6.45) is 9.22. The van der Waals surface area contributed by atoms with Crippen molar-refractivity contribution in [1.29, 1.82) is 0 Å². The molecule has 2 rings (SSSR count). The Hall–Kier alpha value is -1.30. The van der Waals surface area contributed by atoms with Gasteiger partial charge in [0.2, 0.25) is 0 Å². The van der Waals surface area contributed by atoms with E-state index in [0.29, 0.717) is 0 Å². The molecule has 1 aromatic rings. The zero-order valence-corrected chi connectivity index (χ0v) is 12.1. The molecule has 0 heterocycles. The summed E-state index contributed by atoms with van der Waals surface area (Å²) < 4.78 is 0. The van der Waals surface area contributed by atoms with Gasteiger partial charge in [-0.2, -0.15) is 0 Å². The van der Waals surface area contributed by atoms with E-state index in [9.17, 15) is 0 Å². The van der Waals surface area contributed by atoms with Gasteiger partial charge in [-0.25, -0.2) is 0 Å². The van der Waals surface area contributed by atoms with Crippen LogP contribution < -0.4 is 0 Å². The van der Waals surface area contributed by atoms with Crippen molar-refractivity contribution >= 4 is 11.6 Å². The molecule has 1 aliphatic carbocycles. The van der Waals surface area contributed by atoms with E-state index in [0.717, 1.165) is 12.8 Å². The second-order valence-electron chi connectivity index (χ2n) is 5.24. The summed E-state index contributed by atoms with van der Waals surface area (Å²) in [6, 6.07) is 4.62. The van der Waals surface area contributed by atoms with Crippen LogP contribution in [0.5, 0.6) is 0 Å². The number of hydrogen-bond acceptors (Lipinski definition) is 0. The number of hydrogen-bond donors (Lipinski definition) is 0. The predicted octanol–water partition coefficient (Wildman–Crippen LogP) is 5.55. The fourth-order valence-corrected chi connectivity index (χ4v) is 3.00. The molecule has 0 aromatic heterocycles. The molecule has 18 heavy (non-hydrogen) atoms. The van der Waals surface area contributed by atoms with Crippen molar-refractivity contribution in [1.82, 2.24) is 0 Å². The fourth-order valence-electron chi connectivity index (χ4n) is 3.00. The average molecular weight is 240 g/mol. The molecular formula is C18H24. The number of allylic oxidation sites excluding steroid dienone is 3. The molecule has 0 atom stereocenters. The van der Waals surface area contributed by atoms with Crippen LogP contribution in [0.4, 0.5) is 0 Å². The summed E-state index contributed by atoms with van der Waals surface area (Å²) in [5.74, 6) is 0. The van der Waals surface area contributed by atoms with Crippen LogP contribution in [0.1, 0.15) is 62.3 Å². The van der Waals surface area contributed by atoms with Crippen molar-refractivity contribution in [3.63, 3.8) is 0 Å². The van der Waals surface area contributed by atoms with Gasteiger partial charge in [-0.05, 0) is 67.4 Å². The zero-order chi connectivity index (χ0) is 13.1. The van der Waals surface area contributed by atoms with Crippen LogP contribution in [0.3, 0.4) is 0 Å². The molecule has 0 N–H and O–H groups in total. The molecule has 0 bridgehead atoms. The monoisotopic (exact) mass is 240 g/mol. The van der Waals surface area contributed by atoms with Crippen molar-refractivity contribution in [2.45, 2.75) is 53.4 Å². The summed E-state index contributed by atoms with van der Waals surface area (Å²) in [4.78, 5) is 0. The minimum Gasteiger partial charge on any atom is -0.0842 e. The molecule has 0 unspecified atom stereocenters. The SMILES string of the molecule is CC/C=C\c1ccc2c(c1C)C(CC)=C(C)CC2. The lowest BCUT2D eigenvalue weighted by Gasteiger charge is -2.24. The van der Waals surface area contributed by atoms with Gasteiger partial charge < -0.3 is 0 Å². The fraction of sp³-hybridized carbons (Fsp3) is 0.444. The second-order valence-corrected chi connectivity index (χ2v) is 5.24.